The number of hydrogen-bond acceptors (Lipinski definition) is 4. The molecule has 2 radical (unpaired) electrons. The normalized spacial score (nSPS) is 8.64. The fourth-order valence-corrected chi connectivity index (χ4v) is 0. The van der Waals surface area contributed by atoms with E-state index in [2.05, 4.69) is 20.8 Å². The number of carboxylic acid groups (broad SMARTS) is 2. The van der Waals surface area contributed by atoms with E-state index in [0.29, 0.717) is 5.41 Å². The van der Waals surface area contributed by atoms with E-state index in [0.717, 1.165) is 13.8 Å². The van der Waals surface area contributed by atoms with Crippen LogP contribution in [0.2, 0.25) is 4.13 Å². The van der Waals surface area contributed by atoms with Gasteiger partial charge in [-0.25, -0.2) is 0 Å². The van der Waals surface area contributed by atoms with Gasteiger partial charge in [-0.05, 0) is 13.8 Å². The molecule has 0 aliphatic heterocycles. The predicted octanol–water partition coefficient (Wildman–Crippen LogP) is -0.868. The van der Waals surface area contributed by atoms with Gasteiger partial charge >= 0.3 is 55.0 Å². The molecule has 0 amide bonds. The number of carboxylic acids is 2. The standard InChI is InChI=1S/C5H11.2C2H4O2.Bi/c1-5(2,3)4;2*1-2(3)4;/h1H2,2-4H3;2*1H3,(H,3,4);/q;;;+2/p-2. The van der Waals surface area contributed by atoms with Crippen molar-refractivity contribution in [1.29, 1.82) is 0 Å². The molecule has 5 heteroatoms. The third kappa shape index (κ3) is 174. The monoisotopic (exact) mass is 398 g/mol. The molecular formula is C9H17BiO4. The molecule has 0 fully saturated rings. The molecule has 0 aromatic heterocycles. The molecule has 0 aromatic rings. The summed E-state index contributed by atoms with van der Waals surface area (Å²) in [5.74, 6) is -2.17. The molecule has 0 N–H and O–H groups in total. The maximum atomic E-state index is 8.89. The van der Waals surface area contributed by atoms with E-state index in [4.69, 9.17) is 19.8 Å². The summed E-state index contributed by atoms with van der Waals surface area (Å²) < 4.78 is 1.38. The second kappa shape index (κ2) is 10.9. The fraction of sp³-hybridized carbons (Fsp3) is 0.778. The van der Waals surface area contributed by atoms with Gasteiger partial charge in [0, 0.05) is 11.9 Å². The second-order valence-electron chi connectivity index (χ2n) is 3.70. The molecule has 0 aliphatic rings. The minimum absolute atomic E-state index is 0.591. The van der Waals surface area contributed by atoms with Crippen molar-refractivity contribution in [2.45, 2.75) is 38.7 Å². The SMILES string of the molecule is CC(=O)[O-].CC(=O)[O-].CC(C)(C)[CH2][Bi+2]. The molecule has 0 unspecified atom stereocenters. The van der Waals surface area contributed by atoms with Crippen LogP contribution in [0, 0.1) is 5.41 Å². The average molecular weight is 398 g/mol. The van der Waals surface area contributed by atoms with E-state index in [1.54, 1.807) is 0 Å². The van der Waals surface area contributed by atoms with Crippen molar-refractivity contribution < 1.29 is 19.8 Å². The first kappa shape index (κ1) is 19.4. The third-order valence-corrected chi connectivity index (χ3v) is 4.16. The Balaban J connectivity index is -0.000000135. The molecule has 4 nitrogen and oxygen atoms in total. The molecule has 0 rings (SSSR count). The zero-order chi connectivity index (χ0) is 12.4. The van der Waals surface area contributed by atoms with Crippen LogP contribution in [0.3, 0.4) is 0 Å². The van der Waals surface area contributed by atoms with E-state index in [1.165, 1.54) is 28.8 Å². The molecule has 0 aromatic carbocycles. The van der Waals surface area contributed by atoms with Gasteiger partial charge in [0.1, 0.15) is 0 Å². The first-order valence-corrected chi connectivity index (χ1v) is 6.44. The van der Waals surface area contributed by atoms with Crippen LogP contribution in [-0.2, 0) is 9.59 Å². The van der Waals surface area contributed by atoms with Gasteiger partial charge in [0.2, 0.25) is 0 Å². The summed E-state index contributed by atoms with van der Waals surface area (Å²) in [6, 6.07) is 0. The average Bonchev–Trinajstić information content (AvgIpc) is 1.83. The Bertz CT molecular complexity index is 141. The fourth-order valence-electron chi connectivity index (χ4n) is 0. The van der Waals surface area contributed by atoms with Crippen molar-refractivity contribution >= 4 is 36.7 Å². The first-order valence-electron chi connectivity index (χ1n) is 3.99. The maximum absolute atomic E-state index is 8.89. The number of aliphatic carboxylic acids is 2. The molecule has 0 bridgehead atoms. The van der Waals surface area contributed by atoms with Crippen molar-refractivity contribution in [3.63, 3.8) is 0 Å². The zero-order valence-corrected chi connectivity index (χ0v) is 12.8. The Labute approximate surface area is 101 Å². The van der Waals surface area contributed by atoms with Crippen molar-refractivity contribution in [3.05, 3.63) is 0 Å². The minimum atomic E-state index is -1.08. The molecule has 0 heterocycles. The van der Waals surface area contributed by atoms with E-state index >= 15 is 0 Å². The van der Waals surface area contributed by atoms with Crippen LogP contribution in [0.5, 0.6) is 0 Å². The molecule has 0 saturated carbocycles. The molecule has 0 atom stereocenters. The van der Waals surface area contributed by atoms with Crippen LogP contribution in [0.1, 0.15) is 34.6 Å². The predicted molar refractivity (Wildman–Crippen MR) is 51.4 cm³/mol. The van der Waals surface area contributed by atoms with Gasteiger partial charge < -0.3 is 19.8 Å². The molecule has 0 spiro atoms. The number of rotatable bonds is 0. The Kier molecular flexibility index (Phi) is 15.1. The van der Waals surface area contributed by atoms with Crippen molar-refractivity contribution in [1.82, 2.24) is 0 Å². The van der Waals surface area contributed by atoms with Crippen LogP contribution in [0.25, 0.3) is 0 Å². The quantitative estimate of drug-likeness (QED) is 0.497. The Morgan fingerprint density at radius 1 is 1.07 bits per heavy atom. The number of hydrogen-bond donors (Lipinski definition) is 0. The van der Waals surface area contributed by atoms with Crippen molar-refractivity contribution in [2.75, 3.05) is 0 Å². The Morgan fingerprint density at radius 2 is 1.14 bits per heavy atom. The molecule has 82 valence electrons. The number of carbonyl (C=O) groups is 2. The van der Waals surface area contributed by atoms with Crippen LogP contribution in [0.4, 0.5) is 0 Å². The first-order chi connectivity index (χ1) is 6.02. The molecule has 0 aliphatic carbocycles. The van der Waals surface area contributed by atoms with Crippen molar-refractivity contribution in [2.24, 2.45) is 5.41 Å². The van der Waals surface area contributed by atoms with E-state index < -0.39 is 11.9 Å². The van der Waals surface area contributed by atoms with Crippen LogP contribution < -0.4 is 10.2 Å². The van der Waals surface area contributed by atoms with E-state index in [9.17, 15) is 0 Å². The van der Waals surface area contributed by atoms with Crippen LogP contribution >= 0.6 is 0 Å². The van der Waals surface area contributed by atoms with Crippen LogP contribution in [0.15, 0.2) is 0 Å². The van der Waals surface area contributed by atoms with E-state index in [-0.39, 0.29) is 0 Å². The topological polar surface area (TPSA) is 80.3 Å². The van der Waals surface area contributed by atoms with Crippen LogP contribution in [-0.4, -0.2) is 36.7 Å². The Morgan fingerprint density at radius 3 is 1.14 bits per heavy atom. The summed E-state index contributed by atoms with van der Waals surface area (Å²) >= 11 is 1.52. The van der Waals surface area contributed by atoms with Crippen molar-refractivity contribution in [3.8, 4) is 0 Å². The second-order valence-corrected chi connectivity index (χ2v) is 4.93. The summed E-state index contributed by atoms with van der Waals surface area (Å²) in [5.41, 5.74) is 0.591. The Hall–Kier alpha value is -0.177. The van der Waals surface area contributed by atoms with E-state index in [1.807, 2.05) is 0 Å². The molecular weight excluding hydrogens is 381 g/mol. The summed E-state index contributed by atoms with van der Waals surface area (Å²) in [6.07, 6.45) is 0. The zero-order valence-electron chi connectivity index (χ0n) is 9.29. The van der Waals surface area contributed by atoms with Gasteiger partial charge in [0.15, 0.2) is 0 Å². The van der Waals surface area contributed by atoms with Gasteiger partial charge in [-0.1, -0.05) is 0 Å². The molecule has 14 heavy (non-hydrogen) atoms. The van der Waals surface area contributed by atoms with Gasteiger partial charge in [-0.2, -0.15) is 0 Å². The van der Waals surface area contributed by atoms with Gasteiger partial charge in [-0.15, -0.1) is 0 Å². The molecule has 0 saturated heterocycles. The summed E-state index contributed by atoms with van der Waals surface area (Å²) in [5, 5.41) is 17.8. The van der Waals surface area contributed by atoms with Gasteiger partial charge in [0.25, 0.3) is 0 Å². The van der Waals surface area contributed by atoms with Gasteiger partial charge in [0.05, 0.1) is 0 Å². The number of carbonyl (C=O) groups excluding carboxylic acids is 2. The summed E-state index contributed by atoms with van der Waals surface area (Å²) in [7, 11) is 0. The summed E-state index contributed by atoms with van der Waals surface area (Å²) in [4.78, 5) is 17.8. The van der Waals surface area contributed by atoms with Gasteiger partial charge in [-0.3, -0.25) is 0 Å². The third-order valence-electron chi connectivity index (χ3n) is 0.474. The summed E-state index contributed by atoms with van der Waals surface area (Å²) in [6.45, 7) is 8.76.